The first kappa shape index (κ1) is 15.2. The number of hydrogen-bond donors (Lipinski definition) is 1. The number of aliphatic hydroxyl groups is 1. The molecule has 0 aromatic carbocycles. The van der Waals surface area contributed by atoms with Gasteiger partial charge in [-0.05, 0) is 27.8 Å². The molecule has 0 unspecified atom stereocenters. The molecule has 1 N–H and O–H groups in total. The van der Waals surface area contributed by atoms with Crippen molar-refractivity contribution in [3.63, 3.8) is 0 Å². The molecule has 0 saturated carbocycles. The molecule has 7 heteroatoms. The highest BCUT2D eigenvalue weighted by Crippen LogP contribution is 2.41. The fourth-order valence-electron chi connectivity index (χ4n) is 2.37. The van der Waals surface area contributed by atoms with E-state index in [1.54, 1.807) is 6.92 Å². The van der Waals surface area contributed by atoms with Crippen molar-refractivity contribution in [2.45, 2.75) is 32.4 Å². The highest BCUT2D eigenvalue weighted by Gasteiger charge is 2.35. The van der Waals surface area contributed by atoms with Gasteiger partial charge in [-0.15, -0.1) is 11.3 Å². The minimum Gasteiger partial charge on any atom is -0.388 e. The maximum absolute atomic E-state index is 11.2. The normalized spacial score (nSPS) is 20.9. The molecule has 1 fully saturated rings. The number of thiophene rings is 1. The molecule has 1 atom stereocenters. The topological polar surface area (TPSA) is 69.8 Å². The van der Waals surface area contributed by atoms with Gasteiger partial charge in [-0.3, -0.25) is 15.0 Å². The lowest BCUT2D eigenvalue weighted by molar-refractivity contribution is -0.383. The molecule has 20 heavy (non-hydrogen) atoms. The largest absolute Gasteiger partial charge is 0.388 e. The molecule has 1 aliphatic rings. The Bertz CT molecular complexity index is 513. The van der Waals surface area contributed by atoms with E-state index in [0.717, 1.165) is 19.6 Å². The Kier molecular flexibility index (Phi) is 4.04. The van der Waals surface area contributed by atoms with Gasteiger partial charge in [0.25, 0.3) is 0 Å². The smallest absolute Gasteiger partial charge is 0.304 e. The highest BCUT2D eigenvalue weighted by molar-refractivity contribution is 7.16. The first-order valence-corrected chi connectivity index (χ1v) is 7.46. The third-order valence-corrected chi connectivity index (χ3v) is 5.28. The lowest BCUT2D eigenvalue weighted by atomic mass is 10.00. The second kappa shape index (κ2) is 5.31. The van der Waals surface area contributed by atoms with E-state index in [2.05, 4.69) is 30.7 Å². The summed E-state index contributed by atoms with van der Waals surface area (Å²) in [6, 6.07) is 1.50. The lowest BCUT2D eigenvalue weighted by Gasteiger charge is -2.45. The Morgan fingerprint density at radius 3 is 2.65 bits per heavy atom. The van der Waals surface area contributed by atoms with Crippen LogP contribution in [0.4, 0.5) is 10.7 Å². The molecule has 2 heterocycles. The maximum Gasteiger partial charge on any atom is 0.304 e. The first-order valence-electron chi connectivity index (χ1n) is 6.65. The van der Waals surface area contributed by atoms with E-state index >= 15 is 0 Å². The van der Waals surface area contributed by atoms with Crippen molar-refractivity contribution in [1.82, 2.24) is 4.90 Å². The Hall–Kier alpha value is -1.18. The summed E-state index contributed by atoms with van der Waals surface area (Å²) >= 11 is 1.32. The summed E-state index contributed by atoms with van der Waals surface area (Å²) in [5.74, 6) is 0. The fraction of sp³-hybridized carbons (Fsp3) is 0.692. The number of aliphatic hydroxyl groups excluding tert-OH is 1. The van der Waals surface area contributed by atoms with Crippen molar-refractivity contribution in [1.29, 1.82) is 0 Å². The van der Waals surface area contributed by atoms with Crippen LogP contribution in [0.2, 0.25) is 0 Å². The van der Waals surface area contributed by atoms with Crippen molar-refractivity contribution in [3.05, 3.63) is 21.1 Å². The van der Waals surface area contributed by atoms with E-state index in [-0.39, 0.29) is 16.1 Å². The SMILES string of the molecule is C[C@@H](O)c1cc([N+](=O)[O-])c(N2CCN(C)C(C)(C)C2)s1. The quantitative estimate of drug-likeness (QED) is 0.684. The number of rotatable bonds is 3. The summed E-state index contributed by atoms with van der Waals surface area (Å²) in [7, 11) is 2.07. The van der Waals surface area contributed by atoms with E-state index in [0.29, 0.717) is 9.88 Å². The fourth-order valence-corrected chi connectivity index (χ4v) is 3.45. The number of likely N-dealkylation sites (N-methyl/N-ethyl adjacent to an activating group) is 1. The van der Waals surface area contributed by atoms with Gasteiger partial charge in [-0.1, -0.05) is 0 Å². The number of nitrogens with zero attached hydrogens (tertiary/aromatic N) is 3. The van der Waals surface area contributed by atoms with Crippen molar-refractivity contribution < 1.29 is 10.0 Å². The van der Waals surface area contributed by atoms with Crippen LogP contribution >= 0.6 is 11.3 Å². The van der Waals surface area contributed by atoms with Gasteiger partial charge >= 0.3 is 5.69 Å². The molecule has 0 spiro atoms. The van der Waals surface area contributed by atoms with Gasteiger partial charge in [0.2, 0.25) is 0 Å². The predicted octanol–water partition coefficient (Wildman–Crippen LogP) is 2.24. The van der Waals surface area contributed by atoms with Crippen LogP contribution in [-0.2, 0) is 0 Å². The van der Waals surface area contributed by atoms with Crippen LogP contribution in [0.5, 0.6) is 0 Å². The molecular weight excluding hydrogens is 278 g/mol. The average Bonchev–Trinajstić information content (AvgIpc) is 2.77. The highest BCUT2D eigenvalue weighted by atomic mass is 32.1. The monoisotopic (exact) mass is 299 g/mol. The van der Waals surface area contributed by atoms with Crippen molar-refractivity contribution in [2.75, 3.05) is 31.6 Å². The molecule has 2 rings (SSSR count). The number of nitro groups is 1. The number of hydrogen-bond acceptors (Lipinski definition) is 6. The Balaban J connectivity index is 2.34. The van der Waals surface area contributed by atoms with Gasteiger partial charge in [0.1, 0.15) is 0 Å². The van der Waals surface area contributed by atoms with Crippen LogP contribution in [0.15, 0.2) is 6.07 Å². The third kappa shape index (κ3) is 2.79. The molecule has 0 bridgehead atoms. The van der Waals surface area contributed by atoms with E-state index in [9.17, 15) is 15.2 Å². The molecule has 1 aromatic heterocycles. The average molecular weight is 299 g/mol. The van der Waals surface area contributed by atoms with Crippen LogP contribution in [0, 0.1) is 10.1 Å². The lowest BCUT2D eigenvalue weighted by Crippen LogP contribution is -2.57. The first-order chi connectivity index (χ1) is 9.22. The minimum atomic E-state index is -0.673. The Labute approximate surface area is 122 Å². The van der Waals surface area contributed by atoms with Crippen LogP contribution in [-0.4, -0.2) is 47.2 Å². The standard InChI is InChI=1S/C13H21N3O3S/c1-9(17)11-7-10(16(18)19)12(20-11)15-6-5-14(4)13(2,3)8-15/h7,9,17H,5-6,8H2,1-4H3/t9-/m1/s1. The summed E-state index contributed by atoms with van der Waals surface area (Å²) in [6.07, 6.45) is -0.673. The molecule has 112 valence electrons. The summed E-state index contributed by atoms with van der Waals surface area (Å²) in [5.41, 5.74) is 0.0763. The molecule has 1 aliphatic heterocycles. The zero-order valence-electron chi connectivity index (χ0n) is 12.3. The minimum absolute atomic E-state index is 0.0267. The van der Waals surface area contributed by atoms with E-state index < -0.39 is 6.10 Å². The second-order valence-electron chi connectivity index (χ2n) is 5.93. The van der Waals surface area contributed by atoms with Gasteiger partial charge in [0.15, 0.2) is 5.00 Å². The zero-order valence-corrected chi connectivity index (χ0v) is 13.1. The van der Waals surface area contributed by atoms with Gasteiger partial charge in [-0.2, -0.15) is 0 Å². The van der Waals surface area contributed by atoms with Gasteiger partial charge < -0.3 is 10.0 Å². The molecule has 0 radical (unpaired) electrons. The van der Waals surface area contributed by atoms with Gasteiger partial charge in [0, 0.05) is 36.1 Å². The Morgan fingerprint density at radius 1 is 1.50 bits per heavy atom. The molecular formula is C13H21N3O3S. The predicted molar refractivity (Wildman–Crippen MR) is 80.5 cm³/mol. The van der Waals surface area contributed by atoms with Crippen LogP contribution < -0.4 is 4.90 Å². The Morgan fingerprint density at radius 2 is 2.15 bits per heavy atom. The maximum atomic E-state index is 11.2. The number of anilines is 1. The van der Waals surface area contributed by atoms with Crippen molar-refractivity contribution >= 4 is 22.0 Å². The summed E-state index contributed by atoms with van der Waals surface area (Å²) in [6.45, 7) is 8.27. The molecule has 1 aromatic rings. The molecule has 6 nitrogen and oxygen atoms in total. The van der Waals surface area contributed by atoms with Crippen LogP contribution in [0.1, 0.15) is 31.8 Å². The van der Waals surface area contributed by atoms with Gasteiger partial charge in [0.05, 0.1) is 11.0 Å². The van der Waals surface area contributed by atoms with Crippen LogP contribution in [0.3, 0.4) is 0 Å². The summed E-state index contributed by atoms with van der Waals surface area (Å²) < 4.78 is 0. The van der Waals surface area contributed by atoms with E-state index in [1.165, 1.54) is 17.4 Å². The summed E-state index contributed by atoms with van der Waals surface area (Å²) in [5, 5.41) is 21.5. The zero-order chi connectivity index (χ0) is 15.1. The van der Waals surface area contributed by atoms with Gasteiger partial charge in [-0.25, -0.2) is 0 Å². The third-order valence-electron chi connectivity index (χ3n) is 3.92. The van der Waals surface area contributed by atoms with E-state index in [4.69, 9.17) is 0 Å². The van der Waals surface area contributed by atoms with Crippen LogP contribution in [0.25, 0.3) is 0 Å². The summed E-state index contributed by atoms with van der Waals surface area (Å²) in [4.78, 5) is 15.8. The number of piperazine rings is 1. The molecule has 0 amide bonds. The molecule has 1 saturated heterocycles. The van der Waals surface area contributed by atoms with E-state index in [1.807, 2.05) is 0 Å². The second-order valence-corrected chi connectivity index (χ2v) is 6.99. The van der Waals surface area contributed by atoms with Crippen molar-refractivity contribution in [3.8, 4) is 0 Å². The van der Waals surface area contributed by atoms with Crippen molar-refractivity contribution in [2.24, 2.45) is 0 Å². The molecule has 0 aliphatic carbocycles.